The van der Waals surface area contributed by atoms with Gasteiger partial charge < -0.3 is 15.7 Å². The molecule has 1 aromatic heterocycles. The number of carboxylic acid groups (broad SMARTS) is 1. The summed E-state index contributed by atoms with van der Waals surface area (Å²) in [5, 5.41) is 16.8. The van der Waals surface area contributed by atoms with E-state index in [1.165, 1.54) is 10.8 Å². The molecule has 0 spiro atoms. The first kappa shape index (κ1) is 26.5. The number of carboxylic acids is 1. The molecule has 0 radical (unpaired) electrons. The molecule has 0 aromatic carbocycles. The van der Waals surface area contributed by atoms with Gasteiger partial charge in [0.15, 0.2) is 11.7 Å². The molecule has 0 aliphatic carbocycles. The van der Waals surface area contributed by atoms with E-state index in [0.717, 1.165) is 24.3 Å². The summed E-state index contributed by atoms with van der Waals surface area (Å²) in [4.78, 5) is 40.4. The topological polar surface area (TPSA) is 166 Å². The smallest absolute Gasteiger partial charge is 0.404 e. The monoisotopic (exact) mass is 513 g/mol. The summed E-state index contributed by atoms with van der Waals surface area (Å²) < 4.78 is 61.3. The number of amides is 2. The van der Waals surface area contributed by atoms with Gasteiger partial charge in [-0.2, -0.15) is 17.9 Å². The number of halogens is 3. The number of carbonyl (C=O) groups excluding carboxylic acids is 2. The summed E-state index contributed by atoms with van der Waals surface area (Å²) in [6.07, 6.45) is -3.72. The Bertz CT molecular complexity index is 1010. The Balaban J connectivity index is 1.85. The molecule has 5 N–H and O–H groups in total. The molecule has 0 unspecified atom stereocenters. The minimum absolute atomic E-state index is 0.129. The third-order valence-electron chi connectivity index (χ3n) is 4.08. The fourth-order valence-corrected chi connectivity index (χ4v) is 4.67. The summed E-state index contributed by atoms with van der Waals surface area (Å²) in [5.41, 5.74) is 0. The van der Waals surface area contributed by atoms with Crippen LogP contribution < -0.4 is 20.7 Å². The molecule has 1 aliphatic rings. The number of hydrogen-bond acceptors (Lipinski definition) is 8. The SMILES string of the molecule is O=C(CCc1ccc(C(=O)NC[C@H](NS(=O)(=O)CC(F)(F)F)C(=O)O)s1)NC1=NCCCN1. The zero-order valence-electron chi connectivity index (χ0n) is 17.1. The first-order valence-electron chi connectivity index (χ1n) is 9.59. The first-order valence-corrected chi connectivity index (χ1v) is 12.1. The van der Waals surface area contributed by atoms with Crippen LogP contribution in [-0.4, -0.2) is 74.9 Å². The van der Waals surface area contributed by atoms with Crippen LogP contribution in [0.3, 0.4) is 0 Å². The lowest BCUT2D eigenvalue weighted by Crippen LogP contribution is -2.50. The predicted molar refractivity (Wildman–Crippen MR) is 112 cm³/mol. The molecule has 0 bridgehead atoms. The second-order valence-corrected chi connectivity index (χ2v) is 9.84. The highest BCUT2D eigenvalue weighted by molar-refractivity contribution is 7.89. The molecule has 1 aromatic rings. The van der Waals surface area contributed by atoms with Crippen LogP contribution in [0.15, 0.2) is 17.1 Å². The Labute approximate surface area is 190 Å². The number of guanidine groups is 1. The number of aliphatic carboxylic acids is 1. The normalized spacial score (nSPS) is 15.2. The second kappa shape index (κ2) is 11.4. The number of rotatable bonds is 10. The molecule has 0 saturated carbocycles. The number of alkyl halides is 3. The molecule has 2 amide bonds. The Morgan fingerprint density at radius 3 is 2.61 bits per heavy atom. The summed E-state index contributed by atoms with van der Waals surface area (Å²) in [7, 11) is -4.97. The molecule has 11 nitrogen and oxygen atoms in total. The number of aliphatic imine (C=N–C) groups is 1. The third kappa shape index (κ3) is 9.75. The van der Waals surface area contributed by atoms with Crippen LogP contribution in [0.1, 0.15) is 27.4 Å². The van der Waals surface area contributed by atoms with Gasteiger partial charge in [0.2, 0.25) is 15.9 Å². The number of thiophene rings is 1. The quantitative estimate of drug-likeness (QED) is 0.289. The van der Waals surface area contributed by atoms with Crippen LogP contribution in [-0.2, 0) is 26.0 Å². The van der Waals surface area contributed by atoms with Gasteiger partial charge in [-0.05, 0) is 25.0 Å². The van der Waals surface area contributed by atoms with E-state index >= 15 is 0 Å². The standard InChI is InChI=1S/C17H22F3N5O6S2/c18-17(19,20)9-33(30,31)25-11(15(28)29)8-23-14(27)12-4-2-10(32-12)3-5-13(26)24-16-21-6-1-7-22-16/h2,4,11,25H,1,3,5-9H2,(H,23,27)(H,28,29)(H2,21,22,24,26)/t11-/m0/s1. The first-order chi connectivity index (χ1) is 15.3. The lowest BCUT2D eigenvalue weighted by atomic mass is 10.2. The van der Waals surface area contributed by atoms with E-state index < -0.39 is 46.4 Å². The van der Waals surface area contributed by atoms with Crippen molar-refractivity contribution < 1.29 is 41.1 Å². The van der Waals surface area contributed by atoms with E-state index in [4.69, 9.17) is 5.11 Å². The lowest BCUT2D eigenvalue weighted by molar-refractivity contribution is -0.139. The highest BCUT2D eigenvalue weighted by atomic mass is 32.2. The highest BCUT2D eigenvalue weighted by Crippen LogP contribution is 2.18. The van der Waals surface area contributed by atoms with Crippen LogP contribution in [0.25, 0.3) is 0 Å². The number of nitrogens with one attached hydrogen (secondary N) is 4. The number of nitrogens with zero attached hydrogens (tertiary/aromatic N) is 1. The van der Waals surface area contributed by atoms with Crippen molar-refractivity contribution in [2.45, 2.75) is 31.5 Å². The molecule has 16 heteroatoms. The van der Waals surface area contributed by atoms with E-state index in [-0.39, 0.29) is 17.2 Å². The van der Waals surface area contributed by atoms with Gasteiger partial charge in [0, 0.05) is 30.9 Å². The molecule has 1 atom stereocenters. The van der Waals surface area contributed by atoms with E-state index in [0.29, 0.717) is 23.8 Å². The van der Waals surface area contributed by atoms with Gasteiger partial charge in [0.25, 0.3) is 5.91 Å². The minimum Gasteiger partial charge on any atom is -0.480 e. The average molecular weight is 514 g/mol. The molecule has 0 saturated heterocycles. The van der Waals surface area contributed by atoms with Crippen molar-refractivity contribution in [3.8, 4) is 0 Å². The van der Waals surface area contributed by atoms with Crippen molar-refractivity contribution in [1.29, 1.82) is 0 Å². The van der Waals surface area contributed by atoms with Crippen molar-refractivity contribution >= 4 is 45.1 Å². The number of aryl methyl sites for hydroxylation is 1. The molecular formula is C17H22F3N5O6S2. The molecule has 184 valence electrons. The minimum atomic E-state index is -5.05. The molecule has 2 heterocycles. The Kier molecular flexibility index (Phi) is 9.18. The van der Waals surface area contributed by atoms with Crippen molar-refractivity contribution in [1.82, 2.24) is 20.7 Å². The maximum Gasteiger partial charge on any atom is 0.404 e. The predicted octanol–water partition coefficient (Wildman–Crippen LogP) is -0.189. The molecule has 1 aliphatic heterocycles. The van der Waals surface area contributed by atoms with Crippen LogP contribution in [0.4, 0.5) is 13.2 Å². The summed E-state index contributed by atoms with van der Waals surface area (Å²) >= 11 is 1.04. The Hall–Kier alpha value is -2.72. The number of sulfonamides is 1. The maximum absolute atomic E-state index is 12.3. The lowest BCUT2D eigenvalue weighted by Gasteiger charge is -2.16. The third-order valence-corrected chi connectivity index (χ3v) is 6.57. The van der Waals surface area contributed by atoms with Gasteiger partial charge in [-0.25, -0.2) is 8.42 Å². The van der Waals surface area contributed by atoms with E-state index in [9.17, 15) is 36.0 Å². The van der Waals surface area contributed by atoms with Crippen LogP contribution in [0.5, 0.6) is 0 Å². The van der Waals surface area contributed by atoms with E-state index in [2.05, 4.69) is 20.9 Å². The summed E-state index contributed by atoms with van der Waals surface area (Å²) in [6, 6.07) is 1.05. The van der Waals surface area contributed by atoms with Crippen LogP contribution in [0.2, 0.25) is 0 Å². The highest BCUT2D eigenvalue weighted by Gasteiger charge is 2.37. The fraction of sp³-hybridized carbons (Fsp3) is 0.529. The molecule has 0 fully saturated rings. The fourth-order valence-electron chi connectivity index (χ4n) is 2.62. The Morgan fingerprint density at radius 2 is 2.00 bits per heavy atom. The number of carbonyl (C=O) groups is 3. The molecular weight excluding hydrogens is 491 g/mol. The molecule has 33 heavy (non-hydrogen) atoms. The van der Waals surface area contributed by atoms with Gasteiger partial charge in [0.05, 0.1) is 4.88 Å². The van der Waals surface area contributed by atoms with Gasteiger partial charge >= 0.3 is 12.1 Å². The van der Waals surface area contributed by atoms with E-state index in [1.807, 2.05) is 0 Å². The van der Waals surface area contributed by atoms with Crippen molar-refractivity contribution in [2.24, 2.45) is 4.99 Å². The van der Waals surface area contributed by atoms with Gasteiger partial charge in [0.1, 0.15) is 6.04 Å². The van der Waals surface area contributed by atoms with Gasteiger partial charge in [-0.15, -0.1) is 11.3 Å². The zero-order chi connectivity index (χ0) is 24.6. The average Bonchev–Trinajstić information content (AvgIpc) is 3.17. The summed E-state index contributed by atoms with van der Waals surface area (Å²) in [6.45, 7) is 0.573. The summed E-state index contributed by atoms with van der Waals surface area (Å²) in [5.74, 6) is -4.59. The van der Waals surface area contributed by atoms with Gasteiger partial charge in [-0.3, -0.25) is 24.7 Å². The van der Waals surface area contributed by atoms with Crippen LogP contribution >= 0.6 is 11.3 Å². The maximum atomic E-state index is 12.3. The second-order valence-electron chi connectivity index (χ2n) is 6.92. The van der Waals surface area contributed by atoms with Gasteiger partial charge in [-0.1, -0.05) is 0 Å². The Morgan fingerprint density at radius 1 is 1.27 bits per heavy atom. The van der Waals surface area contributed by atoms with Crippen molar-refractivity contribution in [3.63, 3.8) is 0 Å². The number of hydrogen-bond donors (Lipinski definition) is 5. The molecule has 2 rings (SSSR count). The van der Waals surface area contributed by atoms with Crippen LogP contribution in [0, 0.1) is 0 Å². The van der Waals surface area contributed by atoms with Crippen molar-refractivity contribution in [2.75, 3.05) is 25.4 Å². The van der Waals surface area contributed by atoms with E-state index in [1.54, 1.807) is 6.07 Å². The van der Waals surface area contributed by atoms with Crippen molar-refractivity contribution in [3.05, 3.63) is 21.9 Å². The zero-order valence-corrected chi connectivity index (χ0v) is 18.7. The largest absolute Gasteiger partial charge is 0.480 e.